The molecule has 1 aliphatic carbocycles. The number of ether oxygens (including phenoxy) is 1. The zero-order chi connectivity index (χ0) is 18.1. The first-order chi connectivity index (χ1) is 12.6. The van der Waals surface area contributed by atoms with Crippen molar-refractivity contribution >= 4 is 61.1 Å². The molecule has 0 spiro atoms. The van der Waals surface area contributed by atoms with Crippen LogP contribution in [-0.2, 0) is 10.5 Å². The lowest BCUT2D eigenvalue weighted by atomic mass is 10.1. The third-order valence-electron chi connectivity index (χ3n) is 3.87. The normalized spacial score (nSPS) is 13.9. The summed E-state index contributed by atoms with van der Waals surface area (Å²) in [6, 6.07) is 6.24. The van der Waals surface area contributed by atoms with E-state index in [-0.39, 0.29) is 5.76 Å². The maximum atomic E-state index is 12.3. The molecule has 2 aromatic heterocycles. The van der Waals surface area contributed by atoms with E-state index >= 15 is 0 Å². The van der Waals surface area contributed by atoms with E-state index in [9.17, 15) is 4.79 Å². The van der Waals surface area contributed by atoms with Crippen LogP contribution >= 0.6 is 39.0 Å². The summed E-state index contributed by atoms with van der Waals surface area (Å²) < 4.78 is 12.7. The van der Waals surface area contributed by atoms with Crippen LogP contribution in [0.15, 0.2) is 31.4 Å². The maximum Gasteiger partial charge on any atom is 0.374 e. The van der Waals surface area contributed by atoms with Crippen LogP contribution in [0.3, 0.4) is 0 Å². The first-order valence-electron chi connectivity index (χ1n) is 8.25. The van der Waals surface area contributed by atoms with Gasteiger partial charge >= 0.3 is 5.97 Å². The number of nitrogens with zero attached hydrogens (tertiary/aromatic N) is 2. The molecule has 2 heterocycles. The number of carbonyl (C=O) groups excluding carboxylic acids is 1. The second-order valence-electron chi connectivity index (χ2n) is 5.85. The first-order valence-corrected chi connectivity index (χ1v) is 10.8. The van der Waals surface area contributed by atoms with Gasteiger partial charge in [0.05, 0.1) is 6.61 Å². The van der Waals surface area contributed by atoms with Crippen molar-refractivity contribution in [3.8, 4) is 0 Å². The van der Waals surface area contributed by atoms with Gasteiger partial charge in [-0.2, -0.15) is 0 Å². The fraction of sp³-hybridized carbons (Fsp3) is 0.353. The van der Waals surface area contributed by atoms with Crippen LogP contribution in [0.2, 0.25) is 0 Å². The van der Waals surface area contributed by atoms with Gasteiger partial charge in [0, 0.05) is 27.2 Å². The lowest BCUT2D eigenvalue weighted by molar-refractivity contribution is 0.0491. The molecule has 0 radical (unpaired) electrons. The minimum atomic E-state index is -0.441. The minimum Gasteiger partial charge on any atom is -0.460 e. The number of hydrogen-bond acceptors (Lipinski definition) is 8. The average molecular weight is 454 g/mol. The Morgan fingerprint density at radius 3 is 3.08 bits per heavy atom. The van der Waals surface area contributed by atoms with E-state index in [0.717, 1.165) is 24.9 Å². The van der Waals surface area contributed by atoms with Crippen molar-refractivity contribution < 1.29 is 13.9 Å². The quantitative estimate of drug-likeness (QED) is 0.394. The maximum absolute atomic E-state index is 12.3. The molecule has 136 valence electrons. The molecule has 9 heteroatoms. The van der Waals surface area contributed by atoms with Crippen molar-refractivity contribution in [2.75, 3.05) is 11.9 Å². The summed E-state index contributed by atoms with van der Waals surface area (Å²) in [6.45, 7) is 2.08. The largest absolute Gasteiger partial charge is 0.460 e. The van der Waals surface area contributed by atoms with Crippen LogP contribution < -0.4 is 5.32 Å². The fourth-order valence-corrected chi connectivity index (χ4v) is 4.71. The van der Waals surface area contributed by atoms with Gasteiger partial charge in [-0.25, -0.2) is 4.79 Å². The molecule has 0 atom stereocenters. The number of anilines is 1. The number of benzene rings is 1. The van der Waals surface area contributed by atoms with E-state index in [2.05, 4.69) is 31.4 Å². The van der Waals surface area contributed by atoms with E-state index in [1.54, 1.807) is 6.92 Å². The molecule has 3 aromatic rings. The Morgan fingerprint density at radius 2 is 2.31 bits per heavy atom. The van der Waals surface area contributed by atoms with E-state index < -0.39 is 5.97 Å². The van der Waals surface area contributed by atoms with Gasteiger partial charge < -0.3 is 14.5 Å². The van der Waals surface area contributed by atoms with Gasteiger partial charge in [-0.3, -0.25) is 0 Å². The standard InChI is InChI=1S/C17H16BrN3O3S2/c1-2-23-15(22)14-12(11-7-9(18)3-6-13(11)24-14)8-25-17-21-20-16(26-17)19-10-4-5-10/h3,6-7,10H,2,4-5,8H2,1H3,(H,19,20). The van der Waals surface area contributed by atoms with Gasteiger partial charge in [0.15, 0.2) is 4.34 Å². The summed E-state index contributed by atoms with van der Waals surface area (Å²) >= 11 is 6.55. The van der Waals surface area contributed by atoms with Crippen LogP contribution in [0.4, 0.5) is 5.13 Å². The highest BCUT2D eigenvalue weighted by Gasteiger charge is 2.24. The monoisotopic (exact) mass is 453 g/mol. The summed E-state index contributed by atoms with van der Waals surface area (Å²) in [7, 11) is 0. The average Bonchev–Trinajstić information content (AvgIpc) is 3.19. The summed E-state index contributed by atoms with van der Waals surface area (Å²) in [6.07, 6.45) is 2.39. The van der Waals surface area contributed by atoms with Crippen molar-refractivity contribution in [3.63, 3.8) is 0 Å². The van der Waals surface area contributed by atoms with Crippen molar-refractivity contribution in [1.29, 1.82) is 0 Å². The zero-order valence-corrected chi connectivity index (χ0v) is 17.2. The number of rotatable bonds is 7. The molecule has 1 fully saturated rings. The lowest BCUT2D eigenvalue weighted by Gasteiger charge is -2.02. The first kappa shape index (κ1) is 17.8. The topological polar surface area (TPSA) is 77.2 Å². The van der Waals surface area contributed by atoms with Crippen molar-refractivity contribution in [2.45, 2.75) is 35.9 Å². The van der Waals surface area contributed by atoms with Gasteiger partial charge in [-0.1, -0.05) is 39.0 Å². The van der Waals surface area contributed by atoms with Crippen LogP contribution in [0.1, 0.15) is 35.9 Å². The second kappa shape index (κ2) is 7.58. The number of hydrogen-bond donors (Lipinski definition) is 1. The van der Waals surface area contributed by atoms with Gasteiger partial charge in [0.1, 0.15) is 5.58 Å². The summed E-state index contributed by atoms with van der Waals surface area (Å²) in [4.78, 5) is 12.3. The van der Waals surface area contributed by atoms with E-state index in [0.29, 0.717) is 24.0 Å². The molecular formula is C17H16BrN3O3S2. The molecule has 0 saturated heterocycles. The molecule has 1 N–H and O–H groups in total. The van der Waals surface area contributed by atoms with E-state index in [1.807, 2.05) is 18.2 Å². The highest BCUT2D eigenvalue weighted by Crippen LogP contribution is 2.36. The molecule has 0 unspecified atom stereocenters. The molecule has 0 aliphatic heterocycles. The fourth-order valence-electron chi connectivity index (χ4n) is 2.49. The van der Waals surface area contributed by atoms with Gasteiger partial charge in [-0.15, -0.1) is 10.2 Å². The van der Waals surface area contributed by atoms with Crippen LogP contribution in [0.5, 0.6) is 0 Å². The zero-order valence-electron chi connectivity index (χ0n) is 14.0. The molecule has 1 aliphatic rings. The van der Waals surface area contributed by atoms with E-state index in [1.165, 1.54) is 35.9 Å². The number of nitrogens with one attached hydrogen (secondary N) is 1. The summed E-state index contributed by atoms with van der Waals surface area (Å²) in [5.74, 6) is 0.368. The number of aromatic nitrogens is 2. The number of halogens is 1. The molecule has 6 nitrogen and oxygen atoms in total. The Balaban J connectivity index is 1.58. The van der Waals surface area contributed by atoms with Crippen molar-refractivity contribution in [3.05, 3.63) is 34.0 Å². The number of carbonyl (C=O) groups is 1. The van der Waals surface area contributed by atoms with E-state index in [4.69, 9.17) is 9.15 Å². The van der Waals surface area contributed by atoms with Gasteiger partial charge in [0.2, 0.25) is 10.9 Å². The highest BCUT2D eigenvalue weighted by molar-refractivity contribution is 9.10. The predicted octanol–water partition coefficient (Wildman–Crippen LogP) is 5.09. The van der Waals surface area contributed by atoms with Gasteiger partial charge in [-0.05, 0) is 38.0 Å². The number of esters is 1. The Kier molecular flexibility index (Phi) is 5.19. The van der Waals surface area contributed by atoms with Crippen LogP contribution in [-0.4, -0.2) is 28.8 Å². The molecule has 26 heavy (non-hydrogen) atoms. The summed E-state index contributed by atoms with van der Waals surface area (Å²) in [5.41, 5.74) is 1.48. The minimum absolute atomic E-state index is 0.258. The number of furan rings is 1. The Hall–Kier alpha value is -1.58. The number of fused-ring (bicyclic) bond motifs is 1. The molecule has 4 rings (SSSR count). The molecule has 0 bridgehead atoms. The second-order valence-corrected chi connectivity index (χ2v) is 8.97. The smallest absolute Gasteiger partial charge is 0.374 e. The molecule has 1 aromatic carbocycles. The number of thioether (sulfide) groups is 1. The van der Waals surface area contributed by atoms with Crippen LogP contribution in [0.25, 0.3) is 11.0 Å². The third-order valence-corrected chi connectivity index (χ3v) is 6.37. The lowest BCUT2D eigenvalue weighted by Crippen LogP contribution is -2.05. The molecule has 0 amide bonds. The molecular weight excluding hydrogens is 438 g/mol. The molecule has 1 saturated carbocycles. The highest BCUT2D eigenvalue weighted by atomic mass is 79.9. The SMILES string of the molecule is CCOC(=O)c1oc2ccc(Br)cc2c1CSc1nnc(NC2CC2)s1. The van der Waals surface area contributed by atoms with Gasteiger partial charge in [0.25, 0.3) is 0 Å². The predicted molar refractivity (Wildman–Crippen MR) is 106 cm³/mol. The van der Waals surface area contributed by atoms with Crippen molar-refractivity contribution in [1.82, 2.24) is 10.2 Å². The van der Waals surface area contributed by atoms with Crippen LogP contribution in [0, 0.1) is 0 Å². The third kappa shape index (κ3) is 3.89. The Labute approximate surface area is 166 Å². The van der Waals surface area contributed by atoms with Crippen molar-refractivity contribution in [2.24, 2.45) is 0 Å². The Bertz CT molecular complexity index is 952. The summed E-state index contributed by atoms with van der Waals surface area (Å²) in [5, 5.41) is 13.5. The Morgan fingerprint density at radius 1 is 1.46 bits per heavy atom.